The molecule has 0 aliphatic carbocycles. The van der Waals surface area contributed by atoms with Gasteiger partial charge < -0.3 is 14.6 Å². The van der Waals surface area contributed by atoms with Crippen LogP contribution in [0.15, 0.2) is 31.1 Å². The van der Waals surface area contributed by atoms with Gasteiger partial charge in [-0.1, -0.05) is 0 Å². The Morgan fingerprint density at radius 3 is 2.87 bits per heavy atom. The van der Waals surface area contributed by atoms with E-state index < -0.39 is 0 Å². The summed E-state index contributed by atoms with van der Waals surface area (Å²) in [6.07, 6.45) is 11.7. The largest absolute Gasteiger partial charge is 0.367 e. The van der Waals surface area contributed by atoms with Gasteiger partial charge in [0, 0.05) is 43.5 Å². The molecule has 0 aromatic carbocycles. The summed E-state index contributed by atoms with van der Waals surface area (Å²) in [5.41, 5.74) is 0.480. The topological polar surface area (TPSA) is 81.9 Å². The first-order valence-electron chi connectivity index (χ1n) is 7.83. The lowest BCUT2D eigenvalue weighted by Gasteiger charge is -2.32. The number of carbonyl (C=O) groups excluding carboxylic acids is 1. The molecule has 122 valence electrons. The van der Waals surface area contributed by atoms with Gasteiger partial charge in [-0.15, -0.1) is 0 Å². The summed E-state index contributed by atoms with van der Waals surface area (Å²) in [6.45, 7) is 3.45. The Balaban J connectivity index is 1.54. The monoisotopic (exact) mass is 315 g/mol. The van der Waals surface area contributed by atoms with Gasteiger partial charge in [0.1, 0.15) is 12.1 Å². The zero-order chi connectivity index (χ0) is 16.1. The van der Waals surface area contributed by atoms with E-state index in [-0.39, 0.29) is 18.1 Å². The second-order valence-corrected chi connectivity index (χ2v) is 5.96. The van der Waals surface area contributed by atoms with Crippen molar-refractivity contribution in [2.75, 3.05) is 6.61 Å². The summed E-state index contributed by atoms with van der Waals surface area (Å²) in [6, 6.07) is 0. The Kier molecular flexibility index (Phi) is 4.66. The van der Waals surface area contributed by atoms with E-state index in [0.29, 0.717) is 12.4 Å². The molecule has 1 fully saturated rings. The molecule has 2 aromatic rings. The standard InChI is InChI=1S/C16H21N5O2/c1-16(4-2-3-7-23-16)15-19-9-13(10-20-15)8-18-14(22)11-21-6-5-17-12-21/h5-6,9-10,12H,2-4,7-8,11H2,1H3,(H,18,22)/t16-/m1/s1. The number of carbonyl (C=O) groups is 1. The minimum absolute atomic E-state index is 0.0744. The van der Waals surface area contributed by atoms with Crippen LogP contribution in [0.4, 0.5) is 0 Å². The fraction of sp³-hybridized carbons (Fsp3) is 0.500. The number of hydrogen-bond acceptors (Lipinski definition) is 5. The highest BCUT2D eigenvalue weighted by Gasteiger charge is 2.32. The van der Waals surface area contributed by atoms with Gasteiger partial charge in [0.05, 0.1) is 6.33 Å². The van der Waals surface area contributed by atoms with Gasteiger partial charge in [-0.3, -0.25) is 4.79 Å². The van der Waals surface area contributed by atoms with Gasteiger partial charge in [0.15, 0.2) is 5.82 Å². The lowest BCUT2D eigenvalue weighted by Crippen LogP contribution is -2.32. The molecule has 0 bridgehead atoms. The third kappa shape index (κ3) is 3.92. The van der Waals surface area contributed by atoms with Crippen molar-refractivity contribution in [3.63, 3.8) is 0 Å². The quantitative estimate of drug-likeness (QED) is 0.902. The Labute approximate surface area is 135 Å². The van der Waals surface area contributed by atoms with Crippen LogP contribution in [0.1, 0.15) is 37.6 Å². The van der Waals surface area contributed by atoms with E-state index in [2.05, 4.69) is 20.3 Å². The average Bonchev–Trinajstić information content (AvgIpc) is 3.07. The van der Waals surface area contributed by atoms with Crippen molar-refractivity contribution in [1.82, 2.24) is 24.8 Å². The van der Waals surface area contributed by atoms with E-state index in [1.807, 2.05) is 6.92 Å². The molecule has 1 N–H and O–H groups in total. The Hall–Kier alpha value is -2.28. The van der Waals surface area contributed by atoms with Gasteiger partial charge in [0.25, 0.3) is 0 Å². The predicted molar refractivity (Wildman–Crippen MR) is 83.3 cm³/mol. The second-order valence-electron chi connectivity index (χ2n) is 5.96. The summed E-state index contributed by atoms with van der Waals surface area (Å²) in [5.74, 6) is 0.639. The number of ether oxygens (including phenoxy) is 1. The number of imidazole rings is 1. The summed E-state index contributed by atoms with van der Waals surface area (Å²) >= 11 is 0. The van der Waals surface area contributed by atoms with Crippen molar-refractivity contribution in [3.8, 4) is 0 Å². The summed E-state index contributed by atoms with van der Waals surface area (Å²) in [5, 5.41) is 2.85. The van der Waals surface area contributed by atoms with E-state index in [1.165, 1.54) is 0 Å². The Bertz CT molecular complexity index is 633. The fourth-order valence-electron chi connectivity index (χ4n) is 2.63. The van der Waals surface area contributed by atoms with E-state index >= 15 is 0 Å². The molecule has 3 heterocycles. The van der Waals surface area contributed by atoms with Crippen molar-refractivity contribution >= 4 is 5.91 Å². The SMILES string of the molecule is C[C@]1(c2ncc(CNC(=O)Cn3ccnc3)cn2)CCCCO1. The summed E-state index contributed by atoms with van der Waals surface area (Å²) in [7, 11) is 0. The maximum absolute atomic E-state index is 11.8. The smallest absolute Gasteiger partial charge is 0.240 e. The minimum Gasteiger partial charge on any atom is -0.367 e. The maximum Gasteiger partial charge on any atom is 0.240 e. The third-order valence-corrected chi connectivity index (χ3v) is 4.02. The van der Waals surface area contributed by atoms with Crippen LogP contribution < -0.4 is 5.32 Å². The predicted octanol–water partition coefficient (Wildman–Crippen LogP) is 1.41. The number of aromatic nitrogens is 4. The molecule has 1 amide bonds. The number of nitrogens with zero attached hydrogens (tertiary/aromatic N) is 4. The van der Waals surface area contributed by atoms with Crippen molar-refractivity contribution in [2.45, 2.75) is 44.9 Å². The molecular weight excluding hydrogens is 294 g/mol. The molecule has 1 saturated heterocycles. The molecule has 1 atom stereocenters. The van der Waals surface area contributed by atoms with E-state index in [4.69, 9.17) is 4.74 Å². The van der Waals surface area contributed by atoms with Crippen LogP contribution in [-0.4, -0.2) is 32.0 Å². The van der Waals surface area contributed by atoms with Crippen LogP contribution in [0.5, 0.6) is 0 Å². The number of hydrogen-bond donors (Lipinski definition) is 1. The molecular formula is C16H21N5O2. The van der Waals surface area contributed by atoms with Gasteiger partial charge in [0.2, 0.25) is 5.91 Å². The van der Waals surface area contributed by atoms with Crippen LogP contribution in [-0.2, 0) is 28.2 Å². The van der Waals surface area contributed by atoms with Gasteiger partial charge in [-0.2, -0.15) is 0 Å². The zero-order valence-corrected chi connectivity index (χ0v) is 13.2. The first kappa shape index (κ1) is 15.6. The van der Waals surface area contributed by atoms with Gasteiger partial charge in [-0.05, 0) is 26.2 Å². The molecule has 0 saturated carbocycles. The Morgan fingerprint density at radius 1 is 1.39 bits per heavy atom. The van der Waals surface area contributed by atoms with Crippen molar-refractivity contribution < 1.29 is 9.53 Å². The molecule has 3 rings (SSSR count). The highest BCUT2D eigenvalue weighted by Crippen LogP contribution is 2.32. The number of amides is 1. The third-order valence-electron chi connectivity index (χ3n) is 4.02. The molecule has 0 spiro atoms. The van der Waals surface area contributed by atoms with Crippen LogP contribution in [0.3, 0.4) is 0 Å². The van der Waals surface area contributed by atoms with Crippen LogP contribution in [0.2, 0.25) is 0 Å². The molecule has 7 heteroatoms. The van der Waals surface area contributed by atoms with Crippen LogP contribution >= 0.6 is 0 Å². The first-order valence-corrected chi connectivity index (χ1v) is 7.83. The highest BCUT2D eigenvalue weighted by molar-refractivity contribution is 5.75. The molecule has 1 aliphatic heterocycles. The lowest BCUT2D eigenvalue weighted by atomic mass is 9.95. The maximum atomic E-state index is 11.8. The van der Waals surface area contributed by atoms with Gasteiger partial charge in [-0.25, -0.2) is 15.0 Å². The van der Waals surface area contributed by atoms with Crippen LogP contribution in [0.25, 0.3) is 0 Å². The van der Waals surface area contributed by atoms with E-state index in [1.54, 1.807) is 35.7 Å². The van der Waals surface area contributed by atoms with E-state index in [9.17, 15) is 4.79 Å². The molecule has 0 radical (unpaired) electrons. The van der Waals surface area contributed by atoms with Crippen molar-refractivity contribution in [1.29, 1.82) is 0 Å². The number of rotatable bonds is 5. The molecule has 7 nitrogen and oxygen atoms in total. The van der Waals surface area contributed by atoms with Crippen LogP contribution in [0, 0.1) is 0 Å². The lowest BCUT2D eigenvalue weighted by molar-refractivity contribution is -0.121. The summed E-state index contributed by atoms with van der Waals surface area (Å²) in [4.78, 5) is 24.6. The molecule has 0 unspecified atom stereocenters. The summed E-state index contributed by atoms with van der Waals surface area (Å²) < 4.78 is 7.56. The fourth-order valence-corrected chi connectivity index (χ4v) is 2.63. The Morgan fingerprint density at radius 2 is 2.22 bits per heavy atom. The normalized spacial score (nSPS) is 21.1. The van der Waals surface area contributed by atoms with Gasteiger partial charge >= 0.3 is 0 Å². The average molecular weight is 315 g/mol. The highest BCUT2D eigenvalue weighted by atomic mass is 16.5. The second kappa shape index (κ2) is 6.87. The minimum atomic E-state index is -0.387. The van der Waals surface area contributed by atoms with Crippen molar-refractivity contribution in [3.05, 3.63) is 42.5 Å². The first-order chi connectivity index (χ1) is 11.2. The molecule has 1 aliphatic rings. The van der Waals surface area contributed by atoms with Crippen molar-refractivity contribution in [2.24, 2.45) is 0 Å². The molecule has 2 aromatic heterocycles. The molecule has 23 heavy (non-hydrogen) atoms. The zero-order valence-electron chi connectivity index (χ0n) is 13.2. The van der Waals surface area contributed by atoms with E-state index in [0.717, 1.165) is 31.4 Å². The number of nitrogens with one attached hydrogen (secondary N) is 1.